The van der Waals surface area contributed by atoms with E-state index in [1.54, 1.807) is 33.2 Å². The van der Waals surface area contributed by atoms with E-state index in [9.17, 15) is 13.2 Å². The van der Waals surface area contributed by atoms with Gasteiger partial charge in [0.1, 0.15) is 6.04 Å². The van der Waals surface area contributed by atoms with Gasteiger partial charge in [-0.1, -0.05) is 22.9 Å². The number of nitrogens with one attached hydrogen (secondary N) is 1. The zero-order chi connectivity index (χ0) is 14.6. The van der Waals surface area contributed by atoms with Gasteiger partial charge in [-0.05, 0) is 30.7 Å². The van der Waals surface area contributed by atoms with Crippen LogP contribution in [0.15, 0.2) is 33.6 Å². The highest BCUT2D eigenvalue weighted by Crippen LogP contribution is 2.15. The van der Waals surface area contributed by atoms with Crippen molar-refractivity contribution < 1.29 is 13.2 Å². The molecule has 0 saturated heterocycles. The molecule has 0 aromatic heterocycles. The van der Waals surface area contributed by atoms with Gasteiger partial charge >= 0.3 is 0 Å². The van der Waals surface area contributed by atoms with E-state index in [0.29, 0.717) is 6.42 Å². The Morgan fingerprint density at radius 2 is 1.84 bits per heavy atom. The molecule has 1 amide bonds. The van der Waals surface area contributed by atoms with Crippen molar-refractivity contribution in [2.75, 3.05) is 14.1 Å². The first-order chi connectivity index (χ1) is 8.77. The predicted molar refractivity (Wildman–Crippen MR) is 77.2 cm³/mol. The molecule has 0 heterocycles. The Balaban J connectivity index is 2.95. The summed E-state index contributed by atoms with van der Waals surface area (Å²) in [6, 6.07) is 5.51. The summed E-state index contributed by atoms with van der Waals surface area (Å²) in [6.07, 6.45) is 0.396. The second kappa shape index (κ2) is 6.49. The van der Waals surface area contributed by atoms with Crippen molar-refractivity contribution in [3.8, 4) is 0 Å². The van der Waals surface area contributed by atoms with Crippen molar-refractivity contribution in [2.45, 2.75) is 24.3 Å². The fourth-order valence-electron chi connectivity index (χ4n) is 1.49. The van der Waals surface area contributed by atoms with Crippen molar-refractivity contribution in [1.29, 1.82) is 0 Å². The van der Waals surface area contributed by atoms with Crippen LogP contribution < -0.4 is 4.72 Å². The maximum absolute atomic E-state index is 12.1. The van der Waals surface area contributed by atoms with E-state index >= 15 is 0 Å². The molecule has 19 heavy (non-hydrogen) atoms. The van der Waals surface area contributed by atoms with E-state index < -0.39 is 16.1 Å². The summed E-state index contributed by atoms with van der Waals surface area (Å²) in [5.41, 5.74) is 0. The lowest BCUT2D eigenvalue weighted by Crippen LogP contribution is -2.45. The van der Waals surface area contributed by atoms with Crippen molar-refractivity contribution >= 4 is 31.9 Å². The molecule has 1 unspecified atom stereocenters. The third-order valence-electron chi connectivity index (χ3n) is 2.57. The molecule has 1 aromatic carbocycles. The lowest BCUT2D eigenvalue weighted by atomic mass is 10.2. The standard InChI is InChI=1S/C12H17BrN2O3S/c1-4-11(12(16)15(2)3)14-19(17,18)10-7-5-9(13)6-8-10/h5-8,11,14H,4H2,1-3H3. The maximum atomic E-state index is 12.1. The average molecular weight is 349 g/mol. The lowest BCUT2D eigenvalue weighted by Gasteiger charge is -2.20. The Hall–Kier alpha value is -0.920. The molecule has 1 rings (SSSR count). The van der Waals surface area contributed by atoms with Gasteiger partial charge in [0.25, 0.3) is 0 Å². The molecule has 0 fully saturated rings. The topological polar surface area (TPSA) is 66.5 Å². The van der Waals surface area contributed by atoms with Crippen LogP contribution in [0.5, 0.6) is 0 Å². The molecule has 5 nitrogen and oxygen atoms in total. The van der Waals surface area contributed by atoms with Crippen LogP contribution in [0.3, 0.4) is 0 Å². The SMILES string of the molecule is CCC(NS(=O)(=O)c1ccc(Br)cc1)C(=O)N(C)C. The summed E-state index contributed by atoms with van der Waals surface area (Å²) >= 11 is 3.24. The van der Waals surface area contributed by atoms with Crippen LogP contribution in [0, 0.1) is 0 Å². The summed E-state index contributed by atoms with van der Waals surface area (Å²) in [7, 11) is -0.493. The molecule has 0 bridgehead atoms. The Bertz CT molecular complexity index is 541. The van der Waals surface area contributed by atoms with Crippen LogP contribution in [0.1, 0.15) is 13.3 Å². The van der Waals surface area contributed by atoms with Crippen LogP contribution in [0.25, 0.3) is 0 Å². The minimum Gasteiger partial charge on any atom is -0.347 e. The van der Waals surface area contributed by atoms with Crippen LogP contribution in [0.2, 0.25) is 0 Å². The van der Waals surface area contributed by atoms with Crippen molar-refractivity contribution in [1.82, 2.24) is 9.62 Å². The van der Waals surface area contributed by atoms with Crippen molar-refractivity contribution in [2.24, 2.45) is 0 Å². The number of sulfonamides is 1. The fourth-order valence-corrected chi connectivity index (χ4v) is 3.03. The van der Waals surface area contributed by atoms with Gasteiger partial charge in [-0.25, -0.2) is 8.42 Å². The molecular formula is C12H17BrN2O3S. The summed E-state index contributed by atoms with van der Waals surface area (Å²) in [4.78, 5) is 13.3. The molecule has 1 N–H and O–H groups in total. The summed E-state index contributed by atoms with van der Waals surface area (Å²) < 4.78 is 27.5. The summed E-state index contributed by atoms with van der Waals surface area (Å²) in [5, 5.41) is 0. The first kappa shape index (κ1) is 16.1. The molecular weight excluding hydrogens is 332 g/mol. The fraction of sp³-hybridized carbons (Fsp3) is 0.417. The van der Waals surface area contributed by atoms with Gasteiger partial charge in [0.2, 0.25) is 15.9 Å². The zero-order valence-corrected chi connectivity index (χ0v) is 13.5. The van der Waals surface area contributed by atoms with Gasteiger partial charge in [-0.3, -0.25) is 4.79 Å². The number of benzene rings is 1. The first-order valence-electron chi connectivity index (χ1n) is 5.77. The van der Waals surface area contributed by atoms with Crippen LogP contribution >= 0.6 is 15.9 Å². The second-order valence-corrected chi connectivity index (χ2v) is 6.90. The van der Waals surface area contributed by atoms with E-state index in [0.717, 1.165) is 4.47 Å². The minimum atomic E-state index is -3.69. The van der Waals surface area contributed by atoms with E-state index in [4.69, 9.17) is 0 Å². The highest BCUT2D eigenvalue weighted by molar-refractivity contribution is 9.10. The Morgan fingerprint density at radius 1 is 1.32 bits per heavy atom. The molecule has 0 radical (unpaired) electrons. The number of carbonyl (C=O) groups excluding carboxylic acids is 1. The summed E-state index contributed by atoms with van der Waals surface area (Å²) in [6.45, 7) is 1.76. The molecule has 1 atom stereocenters. The third-order valence-corrected chi connectivity index (χ3v) is 4.58. The minimum absolute atomic E-state index is 0.140. The normalized spacial score (nSPS) is 13.1. The van der Waals surface area contributed by atoms with Crippen LogP contribution in [0.4, 0.5) is 0 Å². The molecule has 7 heteroatoms. The van der Waals surface area contributed by atoms with Gasteiger partial charge < -0.3 is 4.90 Å². The molecule has 0 aliphatic rings. The average Bonchev–Trinajstić information content (AvgIpc) is 2.35. The molecule has 0 aliphatic carbocycles. The first-order valence-corrected chi connectivity index (χ1v) is 8.04. The second-order valence-electron chi connectivity index (χ2n) is 4.27. The smallest absolute Gasteiger partial charge is 0.241 e. The number of amides is 1. The van der Waals surface area contributed by atoms with E-state index in [1.807, 2.05) is 0 Å². The maximum Gasteiger partial charge on any atom is 0.241 e. The number of likely N-dealkylation sites (N-methyl/N-ethyl adjacent to an activating group) is 1. The van der Waals surface area contributed by atoms with Crippen molar-refractivity contribution in [3.05, 3.63) is 28.7 Å². The molecule has 0 spiro atoms. The van der Waals surface area contributed by atoms with Crippen LogP contribution in [-0.4, -0.2) is 39.4 Å². The van der Waals surface area contributed by atoms with Gasteiger partial charge in [-0.15, -0.1) is 0 Å². The van der Waals surface area contributed by atoms with E-state index in [-0.39, 0.29) is 10.8 Å². The van der Waals surface area contributed by atoms with Gasteiger partial charge in [0.15, 0.2) is 0 Å². The monoisotopic (exact) mass is 348 g/mol. The summed E-state index contributed by atoms with van der Waals surface area (Å²) in [5.74, 6) is -0.261. The van der Waals surface area contributed by atoms with Gasteiger partial charge in [-0.2, -0.15) is 4.72 Å². The lowest BCUT2D eigenvalue weighted by molar-refractivity contribution is -0.130. The number of carbonyl (C=O) groups is 1. The Kier molecular flexibility index (Phi) is 5.51. The van der Waals surface area contributed by atoms with Crippen molar-refractivity contribution in [3.63, 3.8) is 0 Å². The number of hydrogen-bond acceptors (Lipinski definition) is 3. The highest BCUT2D eigenvalue weighted by Gasteiger charge is 2.25. The third kappa shape index (κ3) is 4.29. The number of nitrogens with zero attached hydrogens (tertiary/aromatic N) is 1. The van der Waals surface area contributed by atoms with Crippen LogP contribution in [-0.2, 0) is 14.8 Å². The van der Waals surface area contributed by atoms with E-state index in [1.165, 1.54) is 17.0 Å². The zero-order valence-electron chi connectivity index (χ0n) is 11.1. The number of halogens is 1. The molecule has 0 aliphatic heterocycles. The molecule has 106 valence electrons. The molecule has 0 saturated carbocycles. The van der Waals surface area contributed by atoms with Gasteiger partial charge in [0.05, 0.1) is 4.90 Å². The van der Waals surface area contributed by atoms with Gasteiger partial charge in [0, 0.05) is 18.6 Å². The Labute approximate surface area is 122 Å². The number of hydrogen-bond donors (Lipinski definition) is 1. The largest absolute Gasteiger partial charge is 0.347 e. The Morgan fingerprint density at radius 3 is 2.26 bits per heavy atom. The van der Waals surface area contributed by atoms with E-state index in [2.05, 4.69) is 20.7 Å². The predicted octanol–water partition coefficient (Wildman–Crippen LogP) is 1.59. The number of rotatable bonds is 5. The quantitative estimate of drug-likeness (QED) is 0.878. The highest BCUT2D eigenvalue weighted by atomic mass is 79.9. The molecule has 1 aromatic rings.